The molecule has 1 atom stereocenters. The van der Waals surface area contributed by atoms with E-state index >= 15 is 0 Å². The molecule has 0 radical (unpaired) electrons. The summed E-state index contributed by atoms with van der Waals surface area (Å²) in [6.45, 7) is 0. The Balaban J connectivity index is -0.0000000800. The van der Waals surface area contributed by atoms with Crippen molar-refractivity contribution < 1.29 is 48.7 Å². The van der Waals surface area contributed by atoms with E-state index in [1.54, 1.807) is 0 Å². The van der Waals surface area contributed by atoms with E-state index in [-0.39, 0.29) is 39.5 Å². The molecule has 0 bridgehead atoms. The first-order valence-electron chi connectivity index (χ1n) is 0.875. The second kappa shape index (κ2) is 5.62. The number of hydrogen-bond acceptors (Lipinski definition) is 4. The molecule has 0 saturated carbocycles. The Hall–Kier alpha value is 1.49. The minimum Gasteiger partial charge on any atom is -0.794 e. The predicted molar refractivity (Wildman–Crippen MR) is 23.5 cm³/mol. The van der Waals surface area contributed by atoms with Gasteiger partial charge < -0.3 is 19.2 Å². The fraction of sp³-hybridized carbons (Fsp3) is 0. The van der Waals surface area contributed by atoms with E-state index in [9.17, 15) is 0 Å². The predicted octanol–water partition coefficient (Wildman–Crippen LogP) is -6.18. The van der Waals surface area contributed by atoms with Crippen molar-refractivity contribution in [3.63, 3.8) is 0 Å². The normalized spacial score (nSPS) is 8.57. The van der Waals surface area contributed by atoms with E-state index in [4.69, 9.17) is 19.2 Å². The van der Waals surface area contributed by atoms with Gasteiger partial charge in [0, 0.05) is 0 Å². The molecule has 0 saturated heterocycles. The minimum atomic E-state index is -4.86. The van der Waals surface area contributed by atoms with Gasteiger partial charge >= 0.3 is 38.6 Å². The molecular formula is H6NaO4PSi. The molecule has 40 valence electrons. The molecule has 4 nitrogen and oxygen atoms in total. The summed E-state index contributed by atoms with van der Waals surface area (Å²) in [4.78, 5) is 30.6. The van der Waals surface area contributed by atoms with Gasteiger partial charge in [0.25, 0.3) is 0 Å². The zero-order chi connectivity index (χ0) is 4.50. The summed E-state index contributed by atoms with van der Waals surface area (Å²) >= 11 is 0. The Morgan fingerprint density at radius 3 is 1.14 bits per heavy atom. The van der Waals surface area contributed by atoms with Gasteiger partial charge in [-0.1, -0.05) is 0 Å². The average Bonchev–Trinajstić information content (AvgIpc) is 0.722. The van der Waals surface area contributed by atoms with E-state index in [0.717, 1.165) is 0 Å². The summed E-state index contributed by atoms with van der Waals surface area (Å²) in [7, 11) is -4.86. The van der Waals surface area contributed by atoms with Crippen molar-refractivity contribution >= 4 is 18.9 Å². The molecule has 7 heteroatoms. The molecule has 0 aliphatic heterocycles. The van der Waals surface area contributed by atoms with Crippen LogP contribution in [0.2, 0.25) is 0 Å². The monoisotopic (exact) mass is 152 g/mol. The molecule has 0 aromatic carbocycles. The van der Waals surface area contributed by atoms with Crippen LogP contribution >= 0.6 is 9.90 Å². The van der Waals surface area contributed by atoms with Crippen molar-refractivity contribution in [1.82, 2.24) is 0 Å². The maximum Gasteiger partial charge on any atom is 1.00 e. The van der Waals surface area contributed by atoms with E-state index in [1.165, 1.54) is 0 Å². The first kappa shape index (κ1) is 15.8. The van der Waals surface area contributed by atoms with Crippen LogP contribution < -0.4 is 34.4 Å². The fourth-order valence-electron chi connectivity index (χ4n) is 0. The maximum absolute atomic E-state index is 8.91. The van der Waals surface area contributed by atoms with Crippen molar-refractivity contribution in [2.24, 2.45) is 0 Å². The summed E-state index contributed by atoms with van der Waals surface area (Å²) in [6, 6.07) is 0. The van der Waals surface area contributed by atoms with Crippen LogP contribution in [0.25, 0.3) is 0 Å². The van der Waals surface area contributed by atoms with Gasteiger partial charge in [0.1, 0.15) is 0 Å². The average molecular weight is 152 g/mol. The summed E-state index contributed by atoms with van der Waals surface area (Å²) < 4.78 is 0. The Morgan fingerprint density at radius 1 is 1.14 bits per heavy atom. The van der Waals surface area contributed by atoms with Crippen LogP contribution in [0.3, 0.4) is 0 Å². The van der Waals surface area contributed by atoms with Gasteiger partial charge in [0.2, 0.25) is 0 Å². The van der Waals surface area contributed by atoms with Crippen molar-refractivity contribution in [1.29, 1.82) is 0 Å². The third kappa shape index (κ3) is 102. The van der Waals surface area contributed by atoms with E-state index in [1.807, 2.05) is 0 Å². The van der Waals surface area contributed by atoms with Crippen LogP contribution in [-0.2, 0) is 0 Å². The topological polar surface area (TPSA) is 83.8 Å². The first-order valence-corrected chi connectivity index (χ1v) is 2.62. The third-order valence-corrected chi connectivity index (χ3v) is 0. The molecule has 0 aliphatic carbocycles. The van der Waals surface area contributed by atoms with Crippen LogP contribution in [0.15, 0.2) is 0 Å². The largest absolute Gasteiger partial charge is 1.00 e. The van der Waals surface area contributed by atoms with Crippen molar-refractivity contribution in [3.8, 4) is 0 Å². The molecule has 0 aromatic heterocycles. The first-order chi connectivity index (χ1) is 2.00. The van der Waals surface area contributed by atoms with Gasteiger partial charge in [0.05, 0.1) is 0 Å². The Bertz CT molecular complexity index is 27.2. The minimum absolute atomic E-state index is 0. The van der Waals surface area contributed by atoms with Crippen molar-refractivity contribution in [2.75, 3.05) is 0 Å². The molecular weight excluding hydrogens is 146 g/mol. The van der Waals surface area contributed by atoms with Gasteiger partial charge in [-0.15, -0.1) is 0 Å². The molecule has 0 spiro atoms. The maximum atomic E-state index is 8.91. The molecule has 0 rings (SSSR count). The smallest absolute Gasteiger partial charge is 0.794 e. The SMILES string of the molecule is P.[Na+].[O-][Si](O)(O)O. The zero-order valence-corrected chi connectivity index (χ0v) is 8.37. The summed E-state index contributed by atoms with van der Waals surface area (Å²) in [5.41, 5.74) is 0. The van der Waals surface area contributed by atoms with Crippen LogP contribution in [0.4, 0.5) is 0 Å². The van der Waals surface area contributed by atoms with Crippen LogP contribution in [-0.4, -0.2) is 23.4 Å². The number of rotatable bonds is 0. The van der Waals surface area contributed by atoms with Gasteiger partial charge in [-0.3, -0.25) is 0 Å². The molecule has 3 N–H and O–H groups in total. The second-order valence-electron chi connectivity index (χ2n) is 0.574. The van der Waals surface area contributed by atoms with E-state index in [2.05, 4.69) is 0 Å². The van der Waals surface area contributed by atoms with Gasteiger partial charge in [-0.05, 0) is 0 Å². The van der Waals surface area contributed by atoms with Crippen LogP contribution in [0.1, 0.15) is 0 Å². The standard InChI is InChI=1S/Na.H3O4Si.H3P/c;1-5(2,3)4;/h;1-3H;1H3/q+1;-1;. The quantitative estimate of drug-likeness (QED) is 0.238. The second-order valence-corrected chi connectivity index (χ2v) is 1.72. The van der Waals surface area contributed by atoms with Crippen LogP contribution in [0, 0.1) is 0 Å². The Morgan fingerprint density at radius 2 is 1.14 bits per heavy atom. The zero-order valence-electron chi connectivity index (χ0n) is 3.96. The molecule has 7 heavy (non-hydrogen) atoms. The summed E-state index contributed by atoms with van der Waals surface area (Å²) in [5, 5.41) is 0. The molecule has 0 aliphatic rings. The van der Waals surface area contributed by atoms with Crippen LogP contribution in [0.5, 0.6) is 0 Å². The van der Waals surface area contributed by atoms with E-state index < -0.39 is 9.05 Å². The summed E-state index contributed by atoms with van der Waals surface area (Å²) in [5.74, 6) is 0. The molecule has 0 heterocycles. The third-order valence-electron chi connectivity index (χ3n) is 0. The molecule has 0 aromatic rings. The number of hydrogen-bond donors (Lipinski definition) is 3. The van der Waals surface area contributed by atoms with Gasteiger partial charge in [-0.25, -0.2) is 0 Å². The molecule has 0 amide bonds. The molecule has 1 unspecified atom stereocenters. The Kier molecular flexibility index (Phi) is 12.7. The molecule has 0 fully saturated rings. The summed E-state index contributed by atoms with van der Waals surface area (Å²) in [6.07, 6.45) is 0. The van der Waals surface area contributed by atoms with E-state index in [0.29, 0.717) is 0 Å². The fourth-order valence-corrected chi connectivity index (χ4v) is 0. The van der Waals surface area contributed by atoms with Gasteiger partial charge in [-0.2, -0.15) is 9.90 Å². The van der Waals surface area contributed by atoms with Gasteiger partial charge in [0.15, 0.2) is 0 Å². The van der Waals surface area contributed by atoms with Crippen molar-refractivity contribution in [2.45, 2.75) is 0 Å². The Labute approximate surface area is 67.6 Å². The van der Waals surface area contributed by atoms with Crippen molar-refractivity contribution in [3.05, 3.63) is 0 Å².